The lowest BCUT2D eigenvalue weighted by Gasteiger charge is -2.20. The third-order valence-electron chi connectivity index (χ3n) is 4.28. The van der Waals surface area contributed by atoms with Gasteiger partial charge in [-0.1, -0.05) is 36.4 Å². The van der Waals surface area contributed by atoms with E-state index in [2.05, 4.69) is 0 Å². The van der Waals surface area contributed by atoms with Crippen molar-refractivity contribution in [2.45, 2.75) is 13.1 Å². The predicted octanol–water partition coefficient (Wildman–Crippen LogP) is 4.54. The Morgan fingerprint density at radius 1 is 0.964 bits per heavy atom. The molecule has 0 atom stereocenters. The van der Waals surface area contributed by atoms with Gasteiger partial charge in [-0.15, -0.1) is 0 Å². The van der Waals surface area contributed by atoms with Gasteiger partial charge in [0.05, 0.1) is 27.0 Å². The topological polar surface area (TPSA) is 51.9 Å². The number of ether oxygens (including phenoxy) is 2. The van der Waals surface area contributed by atoms with Gasteiger partial charge in [-0.05, 0) is 41.5 Å². The second kappa shape index (κ2) is 9.46. The fourth-order valence-electron chi connectivity index (χ4n) is 2.84. The maximum absolute atomic E-state index is 12.9. The summed E-state index contributed by atoms with van der Waals surface area (Å²) in [4.78, 5) is 14.6. The maximum Gasteiger partial charge on any atom is 0.247 e. The van der Waals surface area contributed by atoms with Crippen molar-refractivity contribution in [2.24, 2.45) is 0 Å². The standard InChI is InChI=1S/C23H23NO4/c1-26-21-12-10-18(15-22(21)27-2)11-13-23(25)24(17-20-9-6-14-28-20)16-19-7-4-3-5-8-19/h3-15H,16-17H2,1-2H3/b13-11+. The molecule has 0 bridgehead atoms. The highest BCUT2D eigenvalue weighted by molar-refractivity contribution is 5.91. The van der Waals surface area contributed by atoms with Crippen molar-refractivity contribution in [3.8, 4) is 11.5 Å². The van der Waals surface area contributed by atoms with E-state index in [9.17, 15) is 4.79 Å². The molecule has 0 radical (unpaired) electrons. The summed E-state index contributed by atoms with van der Waals surface area (Å²) in [6.45, 7) is 0.896. The van der Waals surface area contributed by atoms with Crippen LogP contribution in [-0.4, -0.2) is 25.0 Å². The van der Waals surface area contributed by atoms with Gasteiger partial charge in [0.2, 0.25) is 5.91 Å². The summed E-state index contributed by atoms with van der Waals surface area (Å²) >= 11 is 0. The van der Waals surface area contributed by atoms with Gasteiger partial charge in [0, 0.05) is 12.6 Å². The van der Waals surface area contributed by atoms with Crippen molar-refractivity contribution in [2.75, 3.05) is 14.2 Å². The van der Waals surface area contributed by atoms with Crippen LogP contribution in [0.3, 0.4) is 0 Å². The van der Waals surface area contributed by atoms with Crippen molar-refractivity contribution < 1.29 is 18.7 Å². The Balaban J connectivity index is 1.77. The number of hydrogen-bond acceptors (Lipinski definition) is 4. The SMILES string of the molecule is COc1ccc(/C=C/C(=O)N(Cc2ccccc2)Cc2ccco2)cc1OC. The first kappa shape index (κ1) is 19.3. The highest BCUT2D eigenvalue weighted by atomic mass is 16.5. The Morgan fingerprint density at radius 2 is 1.75 bits per heavy atom. The number of benzene rings is 2. The number of carbonyl (C=O) groups is 1. The van der Waals surface area contributed by atoms with Gasteiger partial charge in [-0.25, -0.2) is 0 Å². The lowest BCUT2D eigenvalue weighted by Crippen LogP contribution is -2.28. The fourth-order valence-corrected chi connectivity index (χ4v) is 2.84. The lowest BCUT2D eigenvalue weighted by atomic mass is 10.1. The molecule has 144 valence electrons. The average Bonchev–Trinajstić information content (AvgIpc) is 3.25. The molecule has 3 aromatic rings. The Hall–Kier alpha value is -3.47. The van der Waals surface area contributed by atoms with Crippen LogP contribution in [0.2, 0.25) is 0 Å². The Morgan fingerprint density at radius 3 is 2.43 bits per heavy atom. The Bertz CT molecular complexity index is 917. The highest BCUT2D eigenvalue weighted by Crippen LogP contribution is 2.28. The van der Waals surface area contributed by atoms with Gasteiger partial charge < -0.3 is 18.8 Å². The monoisotopic (exact) mass is 377 g/mol. The molecule has 1 heterocycles. The van der Waals surface area contributed by atoms with E-state index in [0.29, 0.717) is 24.6 Å². The summed E-state index contributed by atoms with van der Waals surface area (Å²) in [7, 11) is 3.18. The molecule has 28 heavy (non-hydrogen) atoms. The zero-order valence-electron chi connectivity index (χ0n) is 16.0. The van der Waals surface area contributed by atoms with Crippen LogP contribution >= 0.6 is 0 Å². The lowest BCUT2D eigenvalue weighted by molar-refractivity contribution is -0.127. The maximum atomic E-state index is 12.9. The second-order valence-electron chi connectivity index (χ2n) is 6.21. The van der Waals surface area contributed by atoms with Gasteiger partial charge >= 0.3 is 0 Å². The van der Waals surface area contributed by atoms with E-state index in [0.717, 1.165) is 16.9 Å². The molecule has 0 fully saturated rings. The van der Waals surface area contributed by atoms with E-state index < -0.39 is 0 Å². The van der Waals surface area contributed by atoms with Crippen LogP contribution in [0.25, 0.3) is 6.08 Å². The largest absolute Gasteiger partial charge is 0.493 e. The molecule has 0 aliphatic rings. The smallest absolute Gasteiger partial charge is 0.247 e. The molecule has 1 amide bonds. The van der Waals surface area contributed by atoms with Crippen LogP contribution in [0.5, 0.6) is 11.5 Å². The number of rotatable bonds is 8. The third-order valence-corrected chi connectivity index (χ3v) is 4.28. The molecule has 0 saturated carbocycles. The van der Waals surface area contributed by atoms with Crippen molar-refractivity contribution >= 4 is 12.0 Å². The van der Waals surface area contributed by atoms with Gasteiger partial charge in [0.1, 0.15) is 5.76 Å². The molecule has 5 nitrogen and oxygen atoms in total. The molecule has 3 rings (SSSR count). The van der Waals surface area contributed by atoms with E-state index in [1.807, 2.05) is 60.7 Å². The summed E-state index contributed by atoms with van der Waals surface area (Å²) < 4.78 is 16.0. The van der Waals surface area contributed by atoms with Crippen LogP contribution < -0.4 is 9.47 Å². The van der Waals surface area contributed by atoms with E-state index in [1.54, 1.807) is 37.5 Å². The van der Waals surface area contributed by atoms with Crippen molar-refractivity contribution in [3.05, 3.63) is 89.9 Å². The molecule has 1 aromatic heterocycles. The zero-order chi connectivity index (χ0) is 19.8. The number of carbonyl (C=O) groups excluding carboxylic acids is 1. The Kier molecular flexibility index (Phi) is 6.52. The molecular weight excluding hydrogens is 354 g/mol. The van der Waals surface area contributed by atoms with Gasteiger partial charge in [-0.2, -0.15) is 0 Å². The van der Waals surface area contributed by atoms with Crippen LogP contribution in [0, 0.1) is 0 Å². The van der Waals surface area contributed by atoms with Gasteiger partial charge in [0.25, 0.3) is 0 Å². The molecule has 0 spiro atoms. The molecule has 2 aromatic carbocycles. The number of methoxy groups -OCH3 is 2. The zero-order valence-corrected chi connectivity index (χ0v) is 16.0. The molecule has 0 aliphatic carbocycles. The average molecular weight is 377 g/mol. The first-order valence-electron chi connectivity index (χ1n) is 8.95. The number of nitrogens with zero attached hydrogens (tertiary/aromatic N) is 1. The number of furan rings is 1. The summed E-state index contributed by atoms with van der Waals surface area (Å²) in [6, 6.07) is 19.1. The third kappa shape index (κ3) is 5.04. The van der Waals surface area contributed by atoms with Crippen molar-refractivity contribution in [1.82, 2.24) is 4.90 Å². The fraction of sp³-hybridized carbons (Fsp3) is 0.174. The van der Waals surface area contributed by atoms with Crippen LogP contribution in [0.4, 0.5) is 0 Å². The van der Waals surface area contributed by atoms with E-state index in [4.69, 9.17) is 13.9 Å². The molecule has 5 heteroatoms. The van der Waals surface area contributed by atoms with Crippen LogP contribution in [-0.2, 0) is 17.9 Å². The summed E-state index contributed by atoms with van der Waals surface area (Å²) in [5, 5.41) is 0. The minimum Gasteiger partial charge on any atom is -0.493 e. The molecular formula is C23H23NO4. The summed E-state index contributed by atoms with van der Waals surface area (Å²) in [5.74, 6) is 1.90. The number of amides is 1. The van der Waals surface area contributed by atoms with Crippen LogP contribution in [0.1, 0.15) is 16.9 Å². The predicted molar refractivity (Wildman–Crippen MR) is 108 cm³/mol. The first-order valence-corrected chi connectivity index (χ1v) is 8.95. The van der Waals surface area contributed by atoms with Crippen molar-refractivity contribution in [3.63, 3.8) is 0 Å². The quantitative estimate of drug-likeness (QED) is 0.541. The minimum absolute atomic E-state index is 0.102. The van der Waals surface area contributed by atoms with Gasteiger partial charge in [0.15, 0.2) is 11.5 Å². The minimum atomic E-state index is -0.102. The summed E-state index contributed by atoms with van der Waals surface area (Å²) in [5.41, 5.74) is 1.91. The van der Waals surface area contributed by atoms with Gasteiger partial charge in [-0.3, -0.25) is 4.79 Å². The molecule has 0 N–H and O–H groups in total. The first-order chi connectivity index (χ1) is 13.7. The molecule has 0 saturated heterocycles. The number of hydrogen-bond donors (Lipinski definition) is 0. The van der Waals surface area contributed by atoms with Crippen LogP contribution in [0.15, 0.2) is 77.4 Å². The van der Waals surface area contributed by atoms with Crippen molar-refractivity contribution in [1.29, 1.82) is 0 Å². The molecule has 0 unspecified atom stereocenters. The molecule has 0 aliphatic heterocycles. The van der Waals surface area contributed by atoms with E-state index in [1.165, 1.54) is 0 Å². The second-order valence-corrected chi connectivity index (χ2v) is 6.21. The highest BCUT2D eigenvalue weighted by Gasteiger charge is 2.14. The normalized spacial score (nSPS) is 10.8. The Labute approximate surface area is 164 Å². The summed E-state index contributed by atoms with van der Waals surface area (Å²) in [6.07, 6.45) is 4.94. The van der Waals surface area contributed by atoms with E-state index >= 15 is 0 Å². The van der Waals surface area contributed by atoms with E-state index in [-0.39, 0.29) is 5.91 Å².